The van der Waals surface area contributed by atoms with Gasteiger partial charge in [-0.05, 0) is 44.7 Å². The highest BCUT2D eigenvalue weighted by Crippen LogP contribution is 2.49. The molecule has 1 aromatic rings. The standard InChI is InChI=1S/C20H26F3N3O2.ClH/c1-2-26-14-18(28-19(5-6-19)17(26)27)7-11-25(12-8-18)10-4-16-13-15(3-9-24-16)20(21,22)23;/h3,9,13H,2,4-8,10-12,14H2,1H3;1H. The molecule has 5 nitrogen and oxygen atoms in total. The molecular weight excluding hydrogens is 407 g/mol. The average Bonchev–Trinajstić information content (AvgIpc) is 3.44. The number of hydrogen-bond acceptors (Lipinski definition) is 4. The molecule has 3 fully saturated rings. The van der Waals surface area contributed by atoms with Crippen LogP contribution in [0.4, 0.5) is 13.2 Å². The quantitative estimate of drug-likeness (QED) is 0.730. The van der Waals surface area contributed by atoms with E-state index in [9.17, 15) is 18.0 Å². The van der Waals surface area contributed by atoms with Crippen molar-refractivity contribution >= 4 is 18.3 Å². The second kappa shape index (κ2) is 8.04. The van der Waals surface area contributed by atoms with Crippen LogP contribution in [0.25, 0.3) is 0 Å². The topological polar surface area (TPSA) is 45.7 Å². The second-order valence-corrected chi connectivity index (χ2v) is 8.22. The Balaban J connectivity index is 0.00000240. The lowest BCUT2D eigenvalue weighted by Gasteiger charge is -2.50. The minimum Gasteiger partial charge on any atom is -0.357 e. The molecule has 9 heteroatoms. The first-order valence-electron chi connectivity index (χ1n) is 9.99. The minimum atomic E-state index is -4.34. The van der Waals surface area contributed by atoms with Crippen LogP contribution in [0.1, 0.15) is 43.9 Å². The van der Waals surface area contributed by atoms with E-state index in [0.717, 1.165) is 50.9 Å². The summed E-state index contributed by atoms with van der Waals surface area (Å²) in [5, 5.41) is 0. The van der Waals surface area contributed by atoms with E-state index in [1.807, 2.05) is 11.8 Å². The molecule has 0 unspecified atom stereocenters. The van der Waals surface area contributed by atoms with Crippen molar-refractivity contribution in [2.45, 2.75) is 56.4 Å². The van der Waals surface area contributed by atoms with Crippen molar-refractivity contribution in [1.29, 1.82) is 0 Å². The number of halogens is 4. The highest BCUT2D eigenvalue weighted by molar-refractivity contribution is 5.89. The zero-order valence-corrected chi connectivity index (χ0v) is 17.3. The monoisotopic (exact) mass is 433 g/mol. The number of likely N-dealkylation sites (N-methyl/N-ethyl adjacent to an activating group) is 1. The van der Waals surface area contributed by atoms with Crippen molar-refractivity contribution in [3.63, 3.8) is 0 Å². The molecule has 0 N–H and O–H groups in total. The largest absolute Gasteiger partial charge is 0.416 e. The van der Waals surface area contributed by atoms with Gasteiger partial charge < -0.3 is 14.5 Å². The molecule has 0 bridgehead atoms. The van der Waals surface area contributed by atoms with E-state index in [-0.39, 0.29) is 23.9 Å². The Morgan fingerprint density at radius 3 is 2.48 bits per heavy atom. The molecule has 3 heterocycles. The Morgan fingerprint density at radius 2 is 1.90 bits per heavy atom. The lowest BCUT2D eigenvalue weighted by Crippen LogP contribution is -2.62. The molecule has 29 heavy (non-hydrogen) atoms. The van der Waals surface area contributed by atoms with Crippen LogP contribution in [0.15, 0.2) is 18.3 Å². The number of aromatic nitrogens is 1. The number of piperidine rings is 1. The summed E-state index contributed by atoms with van der Waals surface area (Å²) in [5.41, 5.74) is -1.03. The van der Waals surface area contributed by atoms with Crippen LogP contribution >= 0.6 is 12.4 Å². The maximum Gasteiger partial charge on any atom is 0.416 e. The summed E-state index contributed by atoms with van der Waals surface area (Å²) in [7, 11) is 0. The number of likely N-dealkylation sites (tertiary alicyclic amines) is 1. The first-order valence-corrected chi connectivity index (χ1v) is 9.99. The van der Waals surface area contributed by atoms with Crippen molar-refractivity contribution in [1.82, 2.24) is 14.8 Å². The summed E-state index contributed by atoms with van der Waals surface area (Å²) in [4.78, 5) is 20.8. The first-order chi connectivity index (χ1) is 13.3. The molecule has 2 saturated heterocycles. The van der Waals surface area contributed by atoms with E-state index in [1.54, 1.807) is 0 Å². The summed E-state index contributed by atoms with van der Waals surface area (Å²) in [6, 6.07) is 2.14. The Bertz CT molecular complexity index is 747. The van der Waals surface area contributed by atoms with Gasteiger partial charge in [-0.1, -0.05) is 0 Å². The number of pyridine rings is 1. The molecule has 0 aromatic carbocycles. The summed E-state index contributed by atoms with van der Waals surface area (Å²) < 4.78 is 44.9. The fourth-order valence-corrected chi connectivity index (χ4v) is 4.39. The Morgan fingerprint density at radius 1 is 1.21 bits per heavy atom. The molecule has 1 aliphatic carbocycles. The summed E-state index contributed by atoms with van der Waals surface area (Å²) >= 11 is 0. The SMILES string of the molecule is CCN1CC2(CCN(CCc3cc(C(F)(F)F)ccn3)CC2)OC2(CC2)C1=O.Cl. The molecule has 0 radical (unpaired) electrons. The van der Waals surface area contributed by atoms with Gasteiger partial charge in [0, 0.05) is 51.0 Å². The molecule has 0 atom stereocenters. The number of ether oxygens (including phenoxy) is 1. The van der Waals surface area contributed by atoms with Crippen LogP contribution in [0.5, 0.6) is 0 Å². The number of alkyl halides is 3. The fraction of sp³-hybridized carbons (Fsp3) is 0.700. The van der Waals surface area contributed by atoms with Crippen LogP contribution in [-0.2, 0) is 22.1 Å². The zero-order valence-electron chi connectivity index (χ0n) is 16.5. The number of rotatable bonds is 4. The molecule has 162 valence electrons. The van der Waals surface area contributed by atoms with Crippen LogP contribution in [0.2, 0.25) is 0 Å². The van der Waals surface area contributed by atoms with E-state index in [1.165, 1.54) is 6.20 Å². The van der Waals surface area contributed by atoms with Gasteiger partial charge in [0.1, 0.15) is 5.60 Å². The lowest BCUT2D eigenvalue weighted by atomic mass is 9.88. The summed E-state index contributed by atoms with van der Waals surface area (Å²) in [5.74, 6) is 0.138. The Hall–Kier alpha value is -1.38. The van der Waals surface area contributed by atoms with Gasteiger partial charge >= 0.3 is 6.18 Å². The van der Waals surface area contributed by atoms with Gasteiger partial charge in [-0.15, -0.1) is 12.4 Å². The number of nitrogens with zero attached hydrogens (tertiary/aromatic N) is 3. The van der Waals surface area contributed by atoms with Crippen molar-refractivity contribution in [3.8, 4) is 0 Å². The van der Waals surface area contributed by atoms with Gasteiger partial charge in [-0.2, -0.15) is 13.2 Å². The average molecular weight is 434 g/mol. The van der Waals surface area contributed by atoms with Crippen LogP contribution in [0.3, 0.4) is 0 Å². The van der Waals surface area contributed by atoms with E-state index in [4.69, 9.17) is 4.74 Å². The third-order valence-electron chi connectivity index (χ3n) is 6.25. The maximum atomic E-state index is 12.8. The molecule has 4 rings (SSSR count). The van der Waals surface area contributed by atoms with E-state index < -0.39 is 17.3 Å². The Labute approximate surface area is 175 Å². The number of morpholine rings is 1. The number of carbonyl (C=O) groups is 1. The molecule has 2 spiro atoms. The Kier molecular flexibility index (Phi) is 6.18. The molecule has 1 saturated carbocycles. The van der Waals surface area contributed by atoms with Crippen molar-refractivity contribution in [2.24, 2.45) is 0 Å². The number of hydrogen-bond donors (Lipinski definition) is 0. The van der Waals surface area contributed by atoms with Crippen molar-refractivity contribution in [3.05, 3.63) is 29.6 Å². The van der Waals surface area contributed by atoms with E-state index in [2.05, 4.69) is 9.88 Å². The van der Waals surface area contributed by atoms with Gasteiger partial charge in [0.05, 0.1) is 11.2 Å². The molecule has 1 amide bonds. The predicted octanol–water partition coefficient (Wildman–Crippen LogP) is 3.31. The molecular formula is C20H27ClF3N3O2. The number of amides is 1. The zero-order chi connectivity index (χ0) is 20.0. The fourth-order valence-electron chi connectivity index (χ4n) is 4.39. The van der Waals surface area contributed by atoms with Crippen LogP contribution < -0.4 is 0 Å². The number of carbonyl (C=O) groups excluding carboxylic acids is 1. The van der Waals surface area contributed by atoms with Gasteiger partial charge in [0.2, 0.25) is 0 Å². The third-order valence-corrected chi connectivity index (χ3v) is 6.25. The van der Waals surface area contributed by atoms with Gasteiger partial charge in [0.25, 0.3) is 5.91 Å². The third kappa shape index (κ3) is 4.54. The smallest absolute Gasteiger partial charge is 0.357 e. The highest BCUT2D eigenvalue weighted by Gasteiger charge is 2.61. The van der Waals surface area contributed by atoms with Crippen LogP contribution in [-0.4, -0.2) is 64.6 Å². The van der Waals surface area contributed by atoms with Crippen molar-refractivity contribution < 1.29 is 22.7 Å². The van der Waals surface area contributed by atoms with E-state index in [0.29, 0.717) is 31.7 Å². The van der Waals surface area contributed by atoms with Crippen molar-refractivity contribution in [2.75, 3.05) is 32.7 Å². The van der Waals surface area contributed by atoms with Crippen LogP contribution in [0, 0.1) is 0 Å². The maximum absolute atomic E-state index is 12.8. The summed E-state index contributed by atoms with van der Waals surface area (Å²) in [6.07, 6.45) is 0.688. The van der Waals surface area contributed by atoms with E-state index >= 15 is 0 Å². The first kappa shape index (κ1) is 22.3. The summed E-state index contributed by atoms with van der Waals surface area (Å²) in [6.45, 7) is 5.67. The molecule has 3 aliphatic rings. The molecule has 2 aliphatic heterocycles. The lowest BCUT2D eigenvalue weighted by molar-refractivity contribution is -0.200. The minimum absolute atomic E-state index is 0. The predicted molar refractivity (Wildman–Crippen MR) is 104 cm³/mol. The van der Waals surface area contributed by atoms with Gasteiger partial charge in [0.15, 0.2) is 0 Å². The van der Waals surface area contributed by atoms with Gasteiger partial charge in [-0.3, -0.25) is 9.78 Å². The molecule has 1 aromatic heterocycles. The highest BCUT2D eigenvalue weighted by atomic mass is 35.5. The van der Waals surface area contributed by atoms with Gasteiger partial charge in [-0.25, -0.2) is 0 Å². The normalized spacial score (nSPS) is 23.3. The second-order valence-electron chi connectivity index (χ2n) is 8.22.